The molecule has 1 aliphatic heterocycles. The van der Waals surface area contributed by atoms with Crippen LogP contribution >= 0.6 is 0 Å². The number of benzene rings is 1. The van der Waals surface area contributed by atoms with Crippen LogP contribution in [0.4, 0.5) is 0 Å². The minimum absolute atomic E-state index is 0.0281. The van der Waals surface area contributed by atoms with Gasteiger partial charge in [-0.3, -0.25) is 19.2 Å². The highest BCUT2D eigenvalue weighted by atomic mass is 16.4. The van der Waals surface area contributed by atoms with Crippen molar-refractivity contribution in [1.82, 2.24) is 20.5 Å². The molecule has 13 nitrogen and oxygen atoms in total. The summed E-state index contributed by atoms with van der Waals surface area (Å²) in [4.78, 5) is 66.1. The quantitative estimate of drug-likeness (QED) is 0.175. The van der Waals surface area contributed by atoms with Gasteiger partial charge in [0.05, 0.1) is 12.1 Å². The fourth-order valence-electron chi connectivity index (χ4n) is 4.57. The molecule has 5 atom stereocenters. The van der Waals surface area contributed by atoms with Crippen LogP contribution < -0.4 is 22.1 Å². The van der Waals surface area contributed by atoms with Crippen LogP contribution in [0, 0.1) is 0 Å². The number of carbonyl (C=O) groups excluding carboxylic acids is 4. The number of aromatic amines is 1. The van der Waals surface area contributed by atoms with Crippen molar-refractivity contribution in [2.24, 2.45) is 11.5 Å². The van der Waals surface area contributed by atoms with E-state index < -0.39 is 59.9 Å². The van der Waals surface area contributed by atoms with Crippen LogP contribution in [0.1, 0.15) is 38.2 Å². The zero-order valence-electron chi connectivity index (χ0n) is 21.1. The third-order valence-corrected chi connectivity index (χ3v) is 6.63. The lowest BCUT2D eigenvalue weighted by molar-refractivity contribution is -0.144. The number of likely N-dealkylation sites (tertiary alicyclic amines) is 1. The van der Waals surface area contributed by atoms with Crippen LogP contribution in [0.15, 0.2) is 30.5 Å². The summed E-state index contributed by atoms with van der Waals surface area (Å²) in [5, 5.41) is 25.6. The Kier molecular flexibility index (Phi) is 9.42. The maximum Gasteiger partial charge on any atom is 0.326 e. The maximum absolute atomic E-state index is 13.1. The van der Waals surface area contributed by atoms with Crippen molar-refractivity contribution >= 4 is 40.5 Å². The van der Waals surface area contributed by atoms with Crippen molar-refractivity contribution < 1.29 is 34.2 Å². The molecule has 5 unspecified atom stereocenters. The number of fused-ring (bicyclic) bond motifs is 1. The number of aliphatic carboxylic acids is 1. The van der Waals surface area contributed by atoms with E-state index in [1.807, 2.05) is 24.3 Å². The molecule has 1 aliphatic rings. The van der Waals surface area contributed by atoms with E-state index in [4.69, 9.17) is 11.5 Å². The Hall–Kier alpha value is -3.97. The Balaban J connectivity index is 1.67. The molecule has 1 aromatic carbocycles. The number of nitrogens with one attached hydrogen (secondary N) is 3. The lowest BCUT2D eigenvalue weighted by Crippen LogP contribution is -2.59. The van der Waals surface area contributed by atoms with Gasteiger partial charge >= 0.3 is 5.97 Å². The topological polar surface area (TPSA) is 221 Å². The monoisotopic (exact) mass is 530 g/mol. The first-order valence-corrected chi connectivity index (χ1v) is 12.4. The summed E-state index contributed by atoms with van der Waals surface area (Å²) in [6, 6.07) is 2.58. The molecule has 4 amide bonds. The molecule has 206 valence electrons. The van der Waals surface area contributed by atoms with Gasteiger partial charge in [0.15, 0.2) is 0 Å². The number of H-pyrrole nitrogens is 1. The first-order chi connectivity index (χ1) is 18.0. The molecule has 1 saturated heterocycles. The fourth-order valence-corrected chi connectivity index (χ4v) is 4.57. The number of amides is 4. The number of carboxylic acid groups (broad SMARTS) is 1. The number of nitrogens with two attached hydrogens (primary N) is 2. The first kappa shape index (κ1) is 28.6. The zero-order chi connectivity index (χ0) is 28.0. The molecule has 2 aromatic rings. The lowest BCUT2D eigenvalue weighted by atomic mass is 10.0. The summed E-state index contributed by atoms with van der Waals surface area (Å²) < 4.78 is 0. The number of carbonyl (C=O) groups is 5. The minimum atomic E-state index is -1.46. The molecule has 0 spiro atoms. The normalized spacial score (nSPS) is 18.4. The second-order valence-corrected chi connectivity index (χ2v) is 9.49. The van der Waals surface area contributed by atoms with Gasteiger partial charge in [-0.15, -0.1) is 0 Å². The van der Waals surface area contributed by atoms with Crippen LogP contribution in [0.25, 0.3) is 10.9 Å². The Morgan fingerprint density at radius 2 is 1.89 bits per heavy atom. The summed E-state index contributed by atoms with van der Waals surface area (Å²) in [7, 11) is 0. The molecule has 9 N–H and O–H groups in total. The second kappa shape index (κ2) is 12.5. The number of primary amides is 1. The molecule has 0 bridgehead atoms. The lowest BCUT2D eigenvalue weighted by Gasteiger charge is -2.29. The molecule has 0 aliphatic carbocycles. The maximum atomic E-state index is 13.1. The van der Waals surface area contributed by atoms with Crippen molar-refractivity contribution in [3.63, 3.8) is 0 Å². The van der Waals surface area contributed by atoms with E-state index in [1.165, 1.54) is 11.8 Å². The fraction of sp³-hybridized carbons (Fsp3) is 0.480. The number of hydrogen-bond acceptors (Lipinski definition) is 7. The predicted octanol–water partition coefficient (Wildman–Crippen LogP) is -1.27. The summed E-state index contributed by atoms with van der Waals surface area (Å²) in [6.45, 7) is 1.55. The van der Waals surface area contributed by atoms with Gasteiger partial charge in [0.25, 0.3) is 0 Å². The van der Waals surface area contributed by atoms with Crippen molar-refractivity contribution in [3.8, 4) is 0 Å². The number of aliphatic hydroxyl groups excluding tert-OH is 1. The smallest absolute Gasteiger partial charge is 0.326 e. The summed E-state index contributed by atoms with van der Waals surface area (Å²) in [5.74, 6) is -3.96. The Morgan fingerprint density at radius 1 is 1.18 bits per heavy atom. The first-order valence-electron chi connectivity index (χ1n) is 12.4. The van der Waals surface area contributed by atoms with Gasteiger partial charge in [-0.05, 0) is 37.8 Å². The number of aliphatic hydroxyl groups is 1. The third-order valence-electron chi connectivity index (χ3n) is 6.63. The Bertz CT molecular complexity index is 1200. The number of para-hydroxylation sites is 1. The summed E-state index contributed by atoms with van der Waals surface area (Å²) in [5.41, 5.74) is 12.5. The van der Waals surface area contributed by atoms with Gasteiger partial charge < -0.3 is 42.2 Å². The van der Waals surface area contributed by atoms with Crippen LogP contribution in [0.3, 0.4) is 0 Å². The molecule has 0 saturated carbocycles. The highest BCUT2D eigenvalue weighted by Crippen LogP contribution is 2.21. The number of nitrogens with zero attached hydrogens (tertiary/aromatic N) is 1. The number of hydrogen-bond donors (Lipinski definition) is 7. The number of carboxylic acids is 1. The van der Waals surface area contributed by atoms with Gasteiger partial charge in [-0.2, -0.15) is 0 Å². The molecule has 1 aromatic heterocycles. The molecule has 0 radical (unpaired) electrons. The van der Waals surface area contributed by atoms with Gasteiger partial charge in [0, 0.05) is 36.5 Å². The molecule has 13 heteroatoms. The van der Waals surface area contributed by atoms with Crippen LogP contribution in [0.2, 0.25) is 0 Å². The third kappa shape index (κ3) is 6.86. The molecule has 2 heterocycles. The SMILES string of the molecule is CC(O)C(NC(=O)C1CCCN1C(=O)C(N)CCC(N)=O)C(=O)NC(Cc1c[nH]c2ccccc12)C(=O)O. The second-order valence-electron chi connectivity index (χ2n) is 9.49. The van der Waals surface area contributed by atoms with Gasteiger partial charge in [0.1, 0.15) is 18.1 Å². The zero-order valence-corrected chi connectivity index (χ0v) is 21.1. The standard InChI is InChI=1S/C25H34N6O7/c1-13(32)21(30-22(34)19-7-4-10-31(19)24(36)16(26)8-9-20(27)33)23(35)29-18(25(37)38)11-14-12-28-17-6-3-2-5-15(14)17/h2-3,5-6,12-13,16,18-19,21,28,32H,4,7-11,26H2,1H3,(H2,27,33)(H,29,35)(H,30,34)(H,37,38). The van der Waals surface area contributed by atoms with Gasteiger partial charge in [0.2, 0.25) is 23.6 Å². The van der Waals surface area contributed by atoms with E-state index in [0.717, 1.165) is 10.9 Å². The predicted molar refractivity (Wildman–Crippen MR) is 136 cm³/mol. The minimum Gasteiger partial charge on any atom is -0.480 e. The average Bonchev–Trinajstić information content (AvgIpc) is 3.52. The van der Waals surface area contributed by atoms with E-state index >= 15 is 0 Å². The molecular formula is C25H34N6O7. The Labute approximate surface area is 218 Å². The van der Waals surface area contributed by atoms with Crippen molar-refractivity contribution in [2.75, 3.05) is 6.54 Å². The van der Waals surface area contributed by atoms with Crippen molar-refractivity contribution in [1.29, 1.82) is 0 Å². The van der Waals surface area contributed by atoms with Gasteiger partial charge in [-0.25, -0.2) is 4.79 Å². The highest BCUT2D eigenvalue weighted by Gasteiger charge is 2.39. The van der Waals surface area contributed by atoms with E-state index in [1.54, 1.807) is 6.20 Å². The van der Waals surface area contributed by atoms with Crippen LogP contribution in [-0.4, -0.2) is 86.5 Å². The van der Waals surface area contributed by atoms with E-state index in [2.05, 4.69) is 15.6 Å². The van der Waals surface area contributed by atoms with E-state index in [-0.39, 0.29) is 25.8 Å². The summed E-state index contributed by atoms with van der Waals surface area (Å²) >= 11 is 0. The van der Waals surface area contributed by atoms with Crippen molar-refractivity contribution in [3.05, 3.63) is 36.0 Å². The van der Waals surface area contributed by atoms with Gasteiger partial charge in [-0.1, -0.05) is 18.2 Å². The van der Waals surface area contributed by atoms with Crippen molar-refractivity contribution in [2.45, 2.75) is 69.3 Å². The van der Waals surface area contributed by atoms with Crippen LogP contribution in [-0.2, 0) is 30.4 Å². The Morgan fingerprint density at radius 3 is 2.55 bits per heavy atom. The summed E-state index contributed by atoms with van der Waals surface area (Å²) in [6.07, 6.45) is 1.07. The average molecular weight is 531 g/mol. The largest absolute Gasteiger partial charge is 0.480 e. The molecule has 3 rings (SSSR count). The van der Waals surface area contributed by atoms with Crippen LogP contribution in [0.5, 0.6) is 0 Å². The van der Waals surface area contributed by atoms with E-state index in [9.17, 15) is 34.2 Å². The van der Waals surface area contributed by atoms with E-state index in [0.29, 0.717) is 18.4 Å². The number of aromatic nitrogens is 1. The molecular weight excluding hydrogens is 496 g/mol. The molecule has 1 fully saturated rings. The molecule has 38 heavy (non-hydrogen) atoms. The highest BCUT2D eigenvalue weighted by molar-refractivity contribution is 5.95. The number of rotatable bonds is 12.